The smallest absolute Gasteiger partial charge is 0.118 e. The van der Waals surface area contributed by atoms with Crippen molar-refractivity contribution in [3.05, 3.63) is 94.2 Å². The van der Waals surface area contributed by atoms with Crippen molar-refractivity contribution >= 4 is 5.69 Å². The normalized spacial score (nSPS) is 23.0. The Morgan fingerprint density at radius 3 is 2.62 bits per heavy atom. The number of aromatic nitrogens is 1. The summed E-state index contributed by atoms with van der Waals surface area (Å²) in [5.74, 6) is 1.52. The first kappa shape index (κ1) is 26.8. The minimum absolute atomic E-state index is 0.163. The highest BCUT2D eigenvalue weighted by Crippen LogP contribution is 2.46. The molecule has 3 fully saturated rings. The van der Waals surface area contributed by atoms with Crippen molar-refractivity contribution in [1.82, 2.24) is 20.1 Å². The number of unbranched alkanes of at least 4 members (excludes halogenated alkanes) is 1. The van der Waals surface area contributed by atoms with Crippen LogP contribution in [0.3, 0.4) is 0 Å². The molecule has 6 heteroatoms. The van der Waals surface area contributed by atoms with Gasteiger partial charge in [0.2, 0.25) is 0 Å². The molecular weight excluding hydrogens is 492 g/mol. The van der Waals surface area contributed by atoms with Crippen molar-refractivity contribution in [3.8, 4) is 6.07 Å². The predicted molar refractivity (Wildman–Crippen MR) is 161 cm³/mol. The van der Waals surface area contributed by atoms with Crippen LogP contribution in [0.25, 0.3) is 0 Å². The van der Waals surface area contributed by atoms with Crippen LogP contribution in [0.15, 0.2) is 83.1 Å². The lowest BCUT2D eigenvalue weighted by Gasteiger charge is -2.48. The van der Waals surface area contributed by atoms with E-state index in [0.29, 0.717) is 6.04 Å². The summed E-state index contributed by atoms with van der Waals surface area (Å²) in [6.07, 6.45) is 12.5. The highest BCUT2D eigenvalue weighted by molar-refractivity contribution is 5.73. The third kappa shape index (κ3) is 5.46. The molecule has 0 spiro atoms. The standard InChI is InChI=1S/C34H42N6/c1-3-4-10-32-33(30-23-37-30)28-15-18-38(17-12-27-9-7-16-36-22-27)24-29(28)34(39-19-13-26(21-35)14-20-39)40(32)31-11-6-5-8-25(31)2/h5-11,16,22,26,30,37H,3-4,12-15,17-20,23-24H2,1-2H3/b32-10+. The van der Waals surface area contributed by atoms with Crippen molar-refractivity contribution < 1.29 is 0 Å². The Hall–Kier alpha value is -3.40. The number of fused-ring (bicyclic) bond motifs is 1. The van der Waals surface area contributed by atoms with Gasteiger partial charge in [0.25, 0.3) is 0 Å². The zero-order valence-corrected chi connectivity index (χ0v) is 24.1. The number of rotatable bonds is 8. The van der Waals surface area contributed by atoms with E-state index in [2.05, 4.69) is 81.3 Å². The summed E-state index contributed by atoms with van der Waals surface area (Å²) in [5.41, 5.74) is 9.84. The van der Waals surface area contributed by atoms with Gasteiger partial charge < -0.3 is 10.2 Å². The second-order valence-corrected chi connectivity index (χ2v) is 11.7. The van der Waals surface area contributed by atoms with Gasteiger partial charge in [0, 0.05) is 74.9 Å². The van der Waals surface area contributed by atoms with Gasteiger partial charge >= 0.3 is 0 Å². The van der Waals surface area contributed by atoms with Crippen molar-refractivity contribution in [2.24, 2.45) is 5.92 Å². The molecule has 0 radical (unpaired) electrons. The number of allylic oxidation sites excluding steroid dienone is 1. The van der Waals surface area contributed by atoms with Crippen LogP contribution in [0, 0.1) is 24.2 Å². The first-order chi connectivity index (χ1) is 19.7. The largest absolute Gasteiger partial charge is 0.357 e. The molecule has 1 aromatic carbocycles. The fraction of sp³-hybridized carbons (Fsp3) is 0.471. The van der Waals surface area contributed by atoms with Crippen LogP contribution in [0.1, 0.15) is 50.2 Å². The third-order valence-electron chi connectivity index (χ3n) is 8.90. The Morgan fingerprint density at radius 1 is 1.10 bits per heavy atom. The molecule has 208 valence electrons. The molecule has 1 aromatic heterocycles. The molecule has 0 amide bonds. The molecule has 5 heterocycles. The molecule has 4 aliphatic heterocycles. The monoisotopic (exact) mass is 534 g/mol. The maximum atomic E-state index is 9.65. The number of para-hydroxylation sites is 1. The lowest BCUT2D eigenvalue weighted by molar-refractivity contribution is 0.237. The Bertz CT molecular complexity index is 1340. The summed E-state index contributed by atoms with van der Waals surface area (Å²) in [7, 11) is 0. The lowest BCUT2D eigenvalue weighted by atomic mass is 9.84. The number of anilines is 1. The van der Waals surface area contributed by atoms with E-state index in [0.717, 1.165) is 77.8 Å². The molecule has 0 saturated carbocycles. The van der Waals surface area contributed by atoms with Crippen LogP contribution in [0.4, 0.5) is 5.69 Å². The summed E-state index contributed by atoms with van der Waals surface area (Å²) in [4.78, 5) is 12.2. The zero-order valence-electron chi connectivity index (χ0n) is 24.1. The van der Waals surface area contributed by atoms with Gasteiger partial charge in [0.05, 0.1) is 11.8 Å². The van der Waals surface area contributed by atoms with Crippen LogP contribution in [-0.2, 0) is 6.42 Å². The second-order valence-electron chi connectivity index (χ2n) is 11.7. The summed E-state index contributed by atoms with van der Waals surface area (Å²) in [6, 6.07) is 16.1. The quantitative estimate of drug-likeness (QED) is 0.448. The summed E-state index contributed by atoms with van der Waals surface area (Å²) in [5, 5.41) is 13.3. The van der Waals surface area contributed by atoms with Gasteiger partial charge in [-0.3, -0.25) is 14.8 Å². The SMILES string of the molecule is CCC/C=C1\C(C2CN2)=C2CCN(CCc3cccnc3)CC2=C(N2CCC(C#N)CC2)N1c1ccccc1C. The number of aryl methyl sites for hydroxylation is 1. The first-order valence-electron chi connectivity index (χ1n) is 15.2. The van der Waals surface area contributed by atoms with E-state index in [4.69, 9.17) is 0 Å². The van der Waals surface area contributed by atoms with Gasteiger partial charge in [-0.2, -0.15) is 5.26 Å². The van der Waals surface area contributed by atoms with Crippen molar-refractivity contribution in [3.63, 3.8) is 0 Å². The molecule has 3 saturated heterocycles. The summed E-state index contributed by atoms with van der Waals surface area (Å²) < 4.78 is 0. The van der Waals surface area contributed by atoms with Crippen molar-refractivity contribution in [2.45, 2.75) is 58.4 Å². The van der Waals surface area contributed by atoms with Crippen LogP contribution < -0.4 is 10.2 Å². The summed E-state index contributed by atoms with van der Waals surface area (Å²) in [6.45, 7) is 10.5. The highest BCUT2D eigenvalue weighted by atomic mass is 15.4. The average molecular weight is 535 g/mol. The molecule has 0 aliphatic carbocycles. The van der Waals surface area contributed by atoms with E-state index in [9.17, 15) is 5.26 Å². The Morgan fingerprint density at radius 2 is 1.93 bits per heavy atom. The van der Waals surface area contributed by atoms with E-state index < -0.39 is 0 Å². The zero-order chi connectivity index (χ0) is 27.5. The van der Waals surface area contributed by atoms with Gasteiger partial charge in [-0.05, 0) is 73.4 Å². The maximum absolute atomic E-state index is 9.65. The van der Waals surface area contributed by atoms with Crippen LogP contribution in [0.5, 0.6) is 0 Å². The van der Waals surface area contributed by atoms with E-state index in [1.807, 2.05) is 18.5 Å². The fourth-order valence-corrected chi connectivity index (χ4v) is 6.61. The molecule has 1 N–H and O–H groups in total. The number of hydrogen-bond acceptors (Lipinski definition) is 6. The average Bonchev–Trinajstić information content (AvgIpc) is 3.84. The molecule has 0 bridgehead atoms. The minimum atomic E-state index is 0.163. The number of benzene rings is 1. The predicted octanol–water partition coefficient (Wildman–Crippen LogP) is 5.56. The number of nitrogens with one attached hydrogen (secondary N) is 1. The second kappa shape index (κ2) is 12.0. The number of likely N-dealkylation sites (tertiary alicyclic amines) is 2. The maximum Gasteiger partial charge on any atom is 0.118 e. The Kier molecular flexibility index (Phi) is 8.04. The molecular formula is C34H42N6. The van der Waals surface area contributed by atoms with Crippen molar-refractivity contribution in [1.29, 1.82) is 5.26 Å². The third-order valence-corrected chi connectivity index (χ3v) is 8.90. The van der Waals surface area contributed by atoms with Crippen LogP contribution in [0.2, 0.25) is 0 Å². The first-order valence-corrected chi connectivity index (χ1v) is 15.2. The fourth-order valence-electron chi connectivity index (χ4n) is 6.61. The molecule has 40 heavy (non-hydrogen) atoms. The summed E-state index contributed by atoms with van der Waals surface area (Å²) >= 11 is 0. The van der Waals surface area contributed by atoms with Crippen LogP contribution in [-0.4, -0.2) is 60.1 Å². The van der Waals surface area contributed by atoms with E-state index in [1.165, 1.54) is 39.5 Å². The van der Waals surface area contributed by atoms with E-state index in [1.54, 1.807) is 5.57 Å². The lowest BCUT2D eigenvalue weighted by Crippen LogP contribution is -2.47. The number of hydrogen-bond donors (Lipinski definition) is 1. The van der Waals surface area contributed by atoms with Gasteiger partial charge in [0.15, 0.2) is 0 Å². The Balaban J connectivity index is 1.46. The molecule has 1 unspecified atom stereocenters. The van der Waals surface area contributed by atoms with Crippen LogP contribution >= 0.6 is 0 Å². The molecule has 6 nitrogen and oxygen atoms in total. The number of piperidine rings is 2. The van der Waals surface area contributed by atoms with Gasteiger partial charge in [0.1, 0.15) is 5.82 Å². The Labute approximate surface area is 239 Å². The highest BCUT2D eigenvalue weighted by Gasteiger charge is 2.42. The van der Waals surface area contributed by atoms with Gasteiger partial charge in [-0.15, -0.1) is 0 Å². The molecule has 4 aliphatic rings. The minimum Gasteiger partial charge on any atom is -0.357 e. The molecule has 2 aromatic rings. The molecule has 1 atom stereocenters. The van der Waals surface area contributed by atoms with Crippen molar-refractivity contribution in [2.75, 3.05) is 44.2 Å². The number of pyridine rings is 1. The molecule has 6 rings (SSSR count). The van der Waals surface area contributed by atoms with Gasteiger partial charge in [-0.1, -0.05) is 43.7 Å². The number of nitrogens with zero attached hydrogens (tertiary/aromatic N) is 5. The topological polar surface area (TPSA) is 68.3 Å². The van der Waals surface area contributed by atoms with E-state index >= 15 is 0 Å². The van der Waals surface area contributed by atoms with Gasteiger partial charge in [-0.25, -0.2) is 0 Å². The number of nitriles is 1. The van der Waals surface area contributed by atoms with E-state index in [-0.39, 0.29) is 5.92 Å².